The molecular weight excluding hydrogens is 407 g/mol. The zero-order valence-corrected chi connectivity index (χ0v) is 18.4. The smallest absolute Gasteiger partial charge is 0.338 e. The van der Waals surface area contributed by atoms with Crippen LogP contribution in [0.3, 0.4) is 0 Å². The van der Waals surface area contributed by atoms with E-state index < -0.39 is 0 Å². The summed E-state index contributed by atoms with van der Waals surface area (Å²) in [6, 6.07) is 17.6. The molecule has 5 aromatic rings. The molecule has 4 heterocycles. The number of nitrogens with zero attached hydrogens (tertiary/aromatic N) is 4. The van der Waals surface area contributed by atoms with E-state index >= 15 is 0 Å². The first-order valence-corrected chi connectivity index (χ1v) is 11.7. The van der Waals surface area contributed by atoms with Crippen LogP contribution in [0.2, 0.25) is 0 Å². The molecule has 0 atom stereocenters. The van der Waals surface area contributed by atoms with Crippen molar-refractivity contribution < 1.29 is 0 Å². The van der Waals surface area contributed by atoms with Crippen molar-refractivity contribution >= 4 is 58.0 Å². The van der Waals surface area contributed by atoms with Crippen molar-refractivity contribution in [3.05, 3.63) is 65.2 Å². The molecule has 0 saturated carbocycles. The summed E-state index contributed by atoms with van der Waals surface area (Å²) in [5.74, 6) is 0. The van der Waals surface area contributed by atoms with Gasteiger partial charge >= 0.3 is 6.98 Å². The average molecular weight is 424 g/mol. The SMILES string of the molecule is Cc1cc2c3c(c1)Sc1nc4c(C)cccc4n1B3n1c(nc3c(C)cccc31)S2. The lowest BCUT2D eigenvalue weighted by Crippen LogP contribution is -2.51. The highest BCUT2D eigenvalue weighted by Gasteiger charge is 2.42. The Bertz CT molecular complexity index is 1440. The number of rotatable bonds is 0. The fourth-order valence-electron chi connectivity index (χ4n) is 4.81. The van der Waals surface area contributed by atoms with Crippen molar-refractivity contribution in [2.75, 3.05) is 0 Å². The number of hydrogen-bond donors (Lipinski definition) is 0. The van der Waals surface area contributed by atoms with E-state index in [0.717, 1.165) is 21.3 Å². The van der Waals surface area contributed by atoms with E-state index in [9.17, 15) is 0 Å². The van der Waals surface area contributed by atoms with Gasteiger partial charge in [0.2, 0.25) is 0 Å². The standard InChI is InChI=1S/C23H17BN4S2/c1-12-10-17-19-18(11-12)30-23-26-21-14(3)7-5-9-16(21)28(23)24(19)27-15-8-4-6-13(2)20(15)25-22(27)29-17/h4-11H,1-3H3. The van der Waals surface area contributed by atoms with E-state index in [1.54, 1.807) is 23.5 Å². The van der Waals surface area contributed by atoms with Crippen molar-refractivity contribution in [3.63, 3.8) is 0 Å². The van der Waals surface area contributed by atoms with Crippen LogP contribution in [-0.4, -0.2) is 25.9 Å². The Balaban J connectivity index is 1.66. The van der Waals surface area contributed by atoms with Crippen LogP contribution in [0.4, 0.5) is 0 Å². The van der Waals surface area contributed by atoms with Crippen molar-refractivity contribution in [3.8, 4) is 0 Å². The van der Waals surface area contributed by atoms with Crippen LogP contribution in [0.5, 0.6) is 0 Å². The van der Waals surface area contributed by atoms with Gasteiger partial charge in [-0.05, 0) is 67.2 Å². The third-order valence-electron chi connectivity index (χ3n) is 6.18. The first-order valence-electron chi connectivity index (χ1n) is 10.1. The third kappa shape index (κ3) is 2.07. The summed E-state index contributed by atoms with van der Waals surface area (Å²) < 4.78 is 4.84. The van der Waals surface area contributed by atoms with E-state index in [2.05, 4.69) is 78.3 Å². The number of benzene rings is 3. The zero-order valence-electron chi connectivity index (χ0n) is 16.8. The van der Waals surface area contributed by atoms with Gasteiger partial charge in [0.25, 0.3) is 0 Å². The minimum absolute atomic E-state index is 0.0294. The van der Waals surface area contributed by atoms with Gasteiger partial charge in [0.05, 0.1) is 22.1 Å². The average Bonchev–Trinajstić information content (AvgIpc) is 3.27. The van der Waals surface area contributed by atoms with Gasteiger partial charge in [0.15, 0.2) is 10.3 Å². The lowest BCUT2D eigenvalue weighted by molar-refractivity contribution is 0.887. The summed E-state index contributed by atoms with van der Waals surface area (Å²) in [5.41, 5.74) is 9.64. The molecule has 0 aliphatic carbocycles. The number of para-hydroxylation sites is 2. The number of imidazole rings is 2. The van der Waals surface area contributed by atoms with E-state index in [4.69, 9.17) is 9.97 Å². The van der Waals surface area contributed by atoms with Crippen LogP contribution >= 0.6 is 23.5 Å². The largest absolute Gasteiger partial charge is 0.426 e. The first kappa shape index (κ1) is 17.1. The molecule has 0 bridgehead atoms. The van der Waals surface area contributed by atoms with Crippen molar-refractivity contribution in [1.29, 1.82) is 0 Å². The molecule has 0 spiro atoms. The summed E-state index contributed by atoms with van der Waals surface area (Å²) in [7, 11) is 0. The number of fused-ring (bicyclic) bond motifs is 8. The van der Waals surface area contributed by atoms with Crippen LogP contribution in [0.1, 0.15) is 16.7 Å². The number of hydrogen-bond acceptors (Lipinski definition) is 4. The zero-order chi connectivity index (χ0) is 20.1. The first-order chi connectivity index (χ1) is 14.6. The normalized spacial score (nSPS) is 14.2. The van der Waals surface area contributed by atoms with Crippen molar-refractivity contribution in [2.24, 2.45) is 0 Å². The maximum Gasteiger partial charge on any atom is 0.426 e. The Labute approximate surface area is 182 Å². The highest BCUT2D eigenvalue weighted by atomic mass is 32.2. The van der Waals surface area contributed by atoms with Crippen LogP contribution in [0, 0.1) is 20.8 Å². The molecule has 2 aliphatic heterocycles. The van der Waals surface area contributed by atoms with Crippen molar-refractivity contribution in [1.82, 2.24) is 18.9 Å². The maximum absolute atomic E-state index is 5.07. The van der Waals surface area contributed by atoms with Crippen LogP contribution in [0.25, 0.3) is 22.1 Å². The lowest BCUT2D eigenvalue weighted by atomic mass is 9.66. The summed E-state index contributed by atoms with van der Waals surface area (Å²) in [6.07, 6.45) is 0. The predicted octanol–water partition coefficient (Wildman–Crippen LogP) is 5.03. The van der Waals surface area contributed by atoms with Crippen LogP contribution in [0.15, 0.2) is 68.6 Å². The van der Waals surface area contributed by atoms with Crippen LogP contribution in [-0.2, 0) is 0 Å². The molecule has 0 amide bonds. The molecule has 2 aliphatic rings. The molecule has 0 saturated heterocycles. The quantitative estimate of drug-likeness (QED) is 0.320. The molecule has 144 valence electrons. The number of aryl methyl sites for hydroxylation is 3. The minimum Gasteiger partial charge on any atom is -0.338 e. The molecule has 0 fully saturated rings. The van der Waals surface area contributed by atoms with E-state index in [1.165, 1.54) is 43.0 Å². The van der Waals surface area contributed by atoms with Gasteiger partial charge < -0.3 is 8.96 Å². The fraction of sp³-hybridized carbons (Fsp3) is 0.130. The maximum atomic E-state index is 5.07. The van der Waals surface area contributed by atoms with Gasteiger partial charge in [-0.25, -0.2) is 9.97 Å². The van der Waals surface area contributed by atoms with Crippen LogP contribution < -0.4 is 5.46 Å². The van der Waals surface area contributed by atoms with Crippen molar-refractivity contribution in [2.45, 2.75) is 40.9 Å². The topological polar surface area (TPSA) is 35.6 Å². The monoisotopic (exact) mass is 424 g/mol. The molecule has 30 heavy (non-hydrogen) atoms. The molecule has 0 unspecified atom stereocenters. The predicted molar refractivity (Wildman–Crippen MR) is 125 cm³/mol. The Morgan fingerprint density at radius 1 is 0.733 bits per heavy atom. The molecule has 0 radical (unpaired) electrons. The van der Waals surface area contributed by atoms with E-state index in [1.807, 2.05) is 0 Å². The fourth-order valence-corrected chi connectivity index (χ4v) is 7.28. The summed E-state index contributed by atoms with van der Waals surface area (Å²) >= 11 is 3.58. The summed E-state index contributed by atoms with van der Waals surface area (Å²) in [5, 5.41) is 2.11. The third-order valence-corrected chi connectivity index (χ3v) is 8.23. The van der Waals surface area contributed by atoms with Gasteiger partial charge in [-0.1, -0.05) is 47.8 Å². The lowest BCUT2D eigenvalue weighted by Gasteiger charge is -2.32. The Morgan fingerprint density at radius 2 is 1.23 bits per heavy atom. The molecule has 4 nitrogen and oxygen atoms in total. The van der Waals surface area contributed by atoms with Gasteiger partial charge in [0.1, 0.15) is 0 Å². The molecule has 7 heteroatoms. The minimum atomic E-state index is 0.0294. The Morgan fingerprint density at radius 3 is 1.73 bits per heavy atom. The Kier molecular flexibility index (Phi) is 3.27. The van der Waals surface area contributed by atoms with E-state index in [0.29, 0.717) is 0 Å². The Hall–Kier alpha value is -2.64. The summed E-state index contributed by atoms with van der Waals surface area (Å²) in [4.78, 5) is 12.8. The molecular formula is C23H17BN4S2. The molecule has 2 aromatic heterocycles. The second-order valence-electron chi connectivity index (χ2n) is 8.17. The van der Waals surface area contributed by atoms with Gasteiger partial charge in [0, 0.05) is 9.79 Å². The van der Waals surface area contributed by atoms with Gasteiger partial charge in [-0.2, -0.15) is 0 Å². The highest BCUT2D eigenvalue weighted by molar-refractivity contribution is 8.00. The second kappa shape index (κ2) is 5.74. The molecule has 0 N–H and O–H groups in total. The van der Waals surface area contributed by atoms with Gasteiger partial charge in [-0.3, -0.25) is 0 Å². The second-order valence-corrected chi connectivity index (χ2v) is 10.2. The molecule has 3 aromatic carbocycles. The highest BCUT2D eigenvalue weighted by Crippen LogP contribution is 2.43. The molecule has 7 rings (SSSR count). The summed E-state index contributed by atoms with van der Waals surface area (Å²) in [6.45, 7) is 6.50. The number of aromatic nitrogens is 4. The van der Waals surface area contributed by atoms with Gasteiger partial charge in [-0.15, -0.1) is 0 Å². The van der Waals surface area contributed by atoms with E-state index in [-0.39, 0.29) is 6.98 Å².